The molecule has 0 fully saturated rings. The lowest BCUT2D eigenvalue weighted by Gasteiger charge is -2.21. The summed E-state index contributed by atoms with van der Waals surface area (Å²) in [5.41, 5.74) is 0. The Labute approximate surface area is 302 Å². The summed E-state index contributed by atoms with van der Waals surface area (Å²) in [5.74, 6) is -1.04. The fourth-order valence-electron chi connectivity index (χ4n) is 5.44. The summed E-state index contributed by atoms with van der Waals surface area (Å²) in [6.45, 7) is 4.40. The number of allylic oxidation sites excluding steroid dienone is 11. The minimum absolute atomic E-state index is 0.261. The molecule has 49 heavy (non-hydrogen) atoms. The number of aliphatic hydroxyl groups is 1. The lowest BCUT2D eigenvalue weighted by molar-refractivity contribution is -0.122. The molecule has 0 aliphatic heterocycles. The molecule has 0 aromatic rings. The molecule has 0 heterocycles. The van der Waals surface area contributed by atoms with Crippen LogP contribution in [0, 0.1) is 0 Å². The third-order valence-electron chi connectivity index (χ3n) is 8.34. The Kier molecular flexibility index (Phi) is 34.0. The number of carbonyl (C=O) groups excluding carboxylic acids is 1. The first-order valence-electron chi connectivity index (χ1n) is 19.6. The van der Waals surface area contributed by atoms with Crippen molar-refractivity contribution in [3.63, 3.8) is 0 Å². The third-order valence-corrected chi connectivity index (χ3v) is 9.12. The highest BCUT2D eigenvalue weighted by atomic mass is 32.2. The van der Waals surface area contributed by atoms with Gasteiger partial charge >= 0.3 is 0 Å². The van der Waals surface area contributed by atoms with Crippen molar-refractivity contribution in [3.8, 4) is 0 Å². The van der Waals surface area contributed by atoms with Crippen LogP contribution in [0.25, 0.3) is 0 Å². The molecule has 0 aromatic carbocycles. The van der Waals surface area contributed by atoms with E-state index in [1.54, 1.807) is 6.08 Å². The molecule has 2 unspecified atom stereocenters. The number of aliphatic hydroxyl groups excluding tert-OH is 1. The van der Waals surface area contributed by atoms with E-state index < -0.39 is 28.0 Å². The molecule has 0 saturated carbocycles. The third kappa shape index (κ3) is 36.9. The van der Waals surface area contributed by atoms with Crippen LogP contribution in [0.4, 0.5) is 0 Å². The molecule has 2 atom stereocenters. The van der Waals surface area contributed by atoms with Crippen LogP contribution in [0.2, 0.25) is 0 Å². The molecule has 0 aromatic heterocycles. The van der Waals surface area contributed by atoms with Gasteiger partial charge in [0, 0.05) is 6.42 Å². The van der Waals surface area contributed by atoms with E-state index in [2.05, 4.69) is 79.9 Å². The van der Waals surface area contributed by atoms with Crippen molar-refractivity contribution in [2.24, 2.45) is 0 Å². The van der Waals surface area contributed by atoms with E-state index in [-0.39, 0.29) is 12.3 Å². The minimum atomic E-state index is -4.37. The lowest BCUT2D eigenvalue weighted by atomic mass is 10.1. The van der Waals surface area contributed by atoms with Crippen LogP contribution in [0.5, 0.6) is 0 Å². The monoisotopic (exact) mass is 704 g/mol. The van der Waals surface area contributed by atoms with Crippen molar-refractivity contribution >= 4 is 16.0 Å². The molecule has 0 aliphatic carbocycles. The van der Waals surface area contributed by atoms with Gasteiger partial charge in [-0.05, 0) is 77.0 Å². The van der Waals surface area contributed by atoms with Crippen LogP contribution in [0.15, 0.2) is 72.9 Å². The highest BCUT2D eigenvalue weighted by Crippen LogP contribution is 2.12. The molecule has 0 radical (unpaired) electrons. The summed E-state index contributed by atoms with van der Waals surface area (Å²) in [7, 11) is -4.37. The van der Waals surface area contributed by atoms with Crippen LogP contribution < -0.4 is 5.32 Å². The zero-order valence-corrected chi connectivity index (χ0v) is 32.1. The number of amides is 1. The number of hydrogen-bond acceptors (Lipinski definition) is 4. The fraction of sp³-hybridized carbons (Fsp3) is 0.690. The van der Waals surface area contributed by atoms with Gasteiger partial charge in [0.25, 0.3) is 10.1 Å². The second-order valence-electron chi connectivity index (χ2n) is 13.2. The van der Waals surface area contributed by atoms with E-state index in [9.17, 15) is 22.9 Å². The standard InChI is InChI=1S/C42H73NO5S/c1-3-5-7-9-11-13-15-17-19-20-21-22-24-25-27-29-31-33-35-37-41(44)40(39-49(46,47)48)43-42(45)38-36-34-32-30-28-26-23-18-16-14-12-10-8-6-4-2/h6,8,12,14,18,21-23,27,29,35,37,40-41,44H,3-5,7,9-11,13,15-17,19-20,24-26,28,30-34,36,38-39H2,1-2H3,(H,43,45)(H,46,47,48)/b8-6-,14-12-,22-21+,23-18-,29-27+,37-35+. The summed E-state index contributed by atoms with van der Waals surface area (Å²) in [6, 6.07) is -1.09. The van der Waals surface area contributed by atoms with Crippen molar-refractivity contribution in [2.75, 3.05) is 5.75 Å². The predicted molar refractivity (Wildman–Crippen MR) is 211 cm³/mol. The van der Waals surface area contributed by atoms with Crippen molar-refractivity contribution in [1.82, 2.24) is 5.32 Å². The van der Waals surface area contributed by atoms with Crippen molar-refractivity contribution in [1.29, 1.82) is 0 Å². The van der Waals surface area contributed by atoms with Gasteiger partial charge in [-0.15, -0.1) is 0 Å². The molecule has 3 N–H and O–H groups in total. The van der Waals surface area contributed by atoms with Crippen molar-refractivity contribution < 1.29 is 22.9 Å². The largest absolute Gasteiger partial charge is 0.387 e. The zero-order valence-electron chi connectivity index (χ0n) is 31.3. The van der Waals surface area contributed by atoms with Gasteiger partial charge in [-0.25, -0.2) is 0 Å². The van der Waals surface area contributed by atoms with Gasteiger partial charge in [0.2, 0.25) is 5.91 Å². The Morgan fingerprint density at radius 1 is 0.571 bits per heavy atom. The maximum atomic E-state index is 12.5. The van der Waals surface area contributed by atoms with Gasteiger partial charge in [0.1, 0.15) is 0 Å². The summed E-state index contributed by atoms with van der Waals surface area (Å²) in [5, 5.41) is 13.2. The normalized spacial score (nSPS) is 14.1. The number of unbranched alkanes of at least 4 members (excludes halogenated alkanes) is 16. The van der Waals surface area contributed by atoms with Gasteiger partial charge in [-0.2, -0.15) is 8.42 Å². The number of carbonyl (C=O) groups is 1. The fourth-order valence-corrected chi connectivity index (χ4v) is 6.17. The van der Waals surface area contributed by atoms with Crippen LogP contribution in [-0.2, 0) is 14.9 Å². The van der Waals surface area contributed by atoms with Gasteiger partial charge in [-0.3, -0.25) is 9.35 Å². The molecule has 0 spiro atoms. The number of nitrogens with one attached hydrogen (secondary N) is 1. The lowest BCUT2D eigenvalue weighted by Crippen LogP contribution is -2.46. The summed E-state index contributed by atoms with van der Waals surface area (Å²) in [6.07, 6.45) is 50.3. The molecule has 1 amide bonds. The second kappa shape index (κ2) is 35.6. The summed E-state index contributed by atoms with van der Waals surface area (Å²) < 4.78 is 32.4. The molecule has 0 bridgehead atoms. The van der Waals surface area contributed by atoms with Gasteiger partial charge in [0.05, 0.1) is 17.9 Å². The molecule has 0 rings (SSSR count). The van der Waals surface area contributed by atoms with Gasteiger partial charge in [-0.1, -0.05) is 157 Å². The number of hydrogen-bond donors (Lipinski definition) is 3. The summed E-state index contributed by atoms with van der Waals surface area (Å²) >= 11 is 0. The quantitative estimate of drug-likeness (QED) is 0.0351. The molecule has 0 aliphatic rings. The summed E-state index contributed by atoms with van der Waals surface area (Å²) in [4.78, 5) is 12.5. The van der Waals surface area contributed by atoms with E-state index in [1.807, 2.05) is 0 Å². The van der Waals surface area contributed by atoms with E-state index in [0.717, 1.165) is 70.6 Å². The van der Waals surface area contributed by atoms with Crippen LogP contribution in [-0.4, -0.2) is 41.9 Å². The Bertz CT molecular complexity index is 1040. The van der Waals surface area contributed by atoms with Crippen molar-refractivity contribution in [2.45, 2.75) is 180 Å². The maximum absolute atomic E-state index is 12.5. The van der Waals surface area contributed by atoms with E-state index in [4.69, 9.17) is 0 Å². The highest BCUT2D eigenvalue weighted by Gasteiger charge is 2.24. The van der Waals surface area contributed by atoms with Crippen LogP contribution >= 0.6 is 0 Å². The minimum Gasteiger partial charge on any atom is -0.387 e. The maximum Gasteiger partial charge on any atom is 0.267 e. The zero-order chi connectivity index (χ0) is 36.1. The second-order valence-corrected chi connectivity index (χ2v) is 14.7. The molecule has 0 saturated heterocycles. The Morgan fingerprint density at radius 2 is 1.00 bits per heavy atom. The van der Waals surface area contributed by atoms with Crippen molar-refractivity contribution in [3.05, 3.63) is 72.9 Å². The first kappa shape index (κ1) is 46.8. The Balaban J connectivity index is 4.08. The van der Waals surface area contributed by atoms with E-state index >= 15 is 0 Å². The van der Waals surface area contributed by atoms with E-state index in [0.29, 0.717) is 12.8 Å². The molecule has 6 nitrogen and oxygen atoms in total. The van der Waals surface area contributed by atoms with E-state index in [1.165, 1.54) is 70.3 Å². The first-order chi connectivity index (χ1) is 23.8. The van der Waals surface area contributed by atoms with Gasteiger partial charge in [0.15, 0.2) is 0 Å². The van der Waals surface area contributed by atoms with Crippen LogP contribution in [0.3, 0.4) is 0 Å². The molecular formula is C42H73NO5S. The molecular weight excluding hydrogens is 631 g/mol. The Morgan fingerprint density at radius 3 is 1.53 bits per heavy atom. The molecule has 282 valence electrons. The van der Waals surface area contributed by atoms with Gasteiger partial charge < -0.3 is 10.4 Å². The average Bonchev–Trinajstić information content (AvgIpc) is 3.06. The SMILES string of the molecule is CC/C=C\C/C=C\C/C=C\CCCCCCCC(=O)NC(CS(=O)(=O)O)C(O)/C=C/CC/C=C/CC/C=C/CCCCCCCCCCC. The molecule has 7 heteroatoms. The first-order valence-corrected chi connectivity index (χ1v) is 21.2. The smallest absolute Gasteiger partial charge is 0.267 e. The average molecular weight is 704 g/mol. The highest BCUT2D eigenvalue weighted by molar-refractivity contribution is 7.85. The predicted octanol–water partition coefficient (Wildman–Crippen LogP) is 11.5. The topological polar surface area (TPSA) is 104 Å². The van der Waals surface area contributed by atoms with Crippen LogP contribution in [0.1, 0.15) is 168 Å². The Hall–Kier alpha value is -2.22. The number of rotatable bonds is 34.